The summed E-state index contributed by atoms with van der Waals surface area (Å²) < 4.78 is 0. The zero-order valence-electron chi connectivity index (χ0n) is 8.62. The summed E-state index contributed by atoms with van der Waals surface area (Å²) in [7, 11) is 0. The fourth-order valence-corrected chi connectivity index (χ4v) is 3.29. The van der Waals surface area contributed by atoms with Crippen LogP contribution in [0.25, 0.3) is 0 Å². The van der Waals surface area contributed by atoms with Gasteiger partial charge in [-0.3, -0.25) is 4.79 Å². The van der Waals surface area contributed by atoms with E-state index in [2.05, 4.69) is 6.92 Å². The highest BCUT2D eigenvalue weighted by atomic mass is 16.4. The summed E-state index contributed by atoms with van der Waals surface area (Å²) in [6, 6.07) is 0. The van der Waals surface area contributed by atoms with Crippen LogP contribution in [0.5, 0.6) is 0 Å². The Labute approximate surface area is 84.1 Å². The van der Waals surface area contributed by atoms with Crippen molar-refractivity contribution in [1.82, 2.24) is 0 Å². The summed E-state index contributed by atoms with van der Waals surface area (Å²) in [5.74, 6) is -0.645. The monoisotopic (exact) mass is 198 g/mol. The molecule has 2 aliphatic rings. The number of carbonyl (C=O) groups is 1. The largest absolute Gasteiger partial charge is 0.481 e. The maximum atomic E-state index is 11.3. The van der Waals surface area contributed by atoms with Crippen LogP contribution in [0.4, 0.5) is 0 Å². The lowest BCUT2D eigenvalue weighted by Gasteiger charge is -2.34. The van der Waals surface area contributed by atoms with Gasteiger partial charge in [-0.2, -0.15) is 0 Å². The van der Waals surface area contributed by atoms with E-state index in [0.29, 0.717) is 6.42 Å². The van der Waals surface area contributed by atoms with Gasteiger partial charge in [-0.05, 0) is 43.9 Å². The van der Waals surface area contributed by atoms with Crippen LogP contribution in [0, 0.1) is 10.8 Å². The van der Waals surface area contributed by atoms with E-state index in [-0.39, 0.29) is 11.5 Å². The van der Waals surface area contributed by atoms with E-state index in [9.17, 15) is 15.0 Å². The number of hydrogen-bond acceptors (Lipinski definition) is 2. The molecular weight excluding hydrogens is 180 g/mol. The molecule has 0 saturated heterocycles. The lowest BCUT2D eigenvalue weighted by Crippen LogP contribution is -2.36. The van der Waals surface area contributed by atoms with Crippen molar-refractivity contribution in [2.45, 2.75) is 51.6 Å². The first-order chi connectivity index (χ1) is 6.56. The second kappa shape index (κ2) is 2.96. The Kier molecular flexibility index (Phi) is 2.11. The molecule has 2 saturated carbocycles. The molecule has 2 fully saturated rings. The average Bonchev–Trinajstić information content (AvgIpc) is 2.87. The molecule has 0 radical (unpaired) electrons. The number of aliphatic hydroxyl groups excluding tert-OH is 1. The molecule has 0 aliphatic heterocycles. The number of aliphatic hydroxyl groups is 1. The Hall–Kier alpha value is -0.570. The second-order valence-electron chi connectivity index (χ2n) is 4.92. The second-order valence-corrected chi connectivity index (χ2v) is 4.92. The fourth-order valence-electron chi connectivity index (χ4n) is 3.29. The molecule has 0 bridgehead atoms. The van der Waals surface area contributed by atoms with Crippen molar-refractivity contribution >= 4 is 5.97 Å². The highest BCUT2D eigenvalue weighted by Crippen LogP contribution is 2.66. The third-order valence-electron chi connectivity index (χ3n) is 4.43. The summed E-state index contributed by atoms with van der Waals surface area (Å²) in [6.07, 6.45) is 4.59. The van der Waals surface area contributed by atoms with E-state index >= 15 is 0 Å². The molecular formula is C11H18O3. The van der Waals surface area contributed by atoms with Crippen molar-refractivity contribution in [3.63, 3.8) is 0 Å². The van der Waals surface area contributed by atoms with Crippen molar-refractivity contribution in [1.29, 1.82) is 0 Å². The van der Waals surface area contributed by atoms with E-state index in [0.717, 1.165) is 32.1 Å². The maximum absolute atomic E-state index is 11.3. The van der Waals surface area contributed by atoms with Gasteiger partial charge in [-0.15, -0.1) is 0 Å². The molecule has 3 nitrogen and oxygen atoms in total. The first kappa shape index (κ1) is 9.97. The van der Waals surface area contributed by atoms with Crippen molar-refractivity contribution in [2.24, 2.45) is 10.8 Å². The van der Waals surface area contributed by atoms with Crippen molar-refractivity contribution < 1.29 is 15.0 Å². The van der Waals surface area contributed by atoms with Gasteiger partial charge in [0.25, 0.3) is 0 Å². The van der Waals surface area contributed by atoms with Crippen molar-refractivity contribution in [2.75, 3.05) is 0 Å². The van der Waals surface area contributed by atoms with Crippen molar-refractivity contribution in [3.05, 3.63) is 0 Å². The Balaban J connectivity index is 2.25. The van der Waals surface area contributed by atoms with Gasteiger partial charge in [-0.25, -0.2) is 0 Å². The van der Waals surface area contributed by atoms with Gasteiger partial charge in [0.05, 0.1) is 11.5 Å². The van der Waals surface area contributed by atoms with Crippen LogP contribution in [-0.2, 0) is 4.79 Å². The highest BCUT2D eigenvalue weighted by Gasteiger charge is 2.65. The Morgan fingerprint density at radius 3 is 2.36 bits per heavy atom. The first-order valence-corrected chi connectivity index (χ1v) is 5.48. The average molecular weight is 198 g/mol. The molecule has 0 heterocycles. The van der Waals surface area contributed by atoms with E-state index in [1.54, 1.807) is 0 Å². The molecule has 2 aliphatic carbocycles. The zero-order chi connectivity index (χ0) is 10.4. The quantitative estimate of drug-likeness (QED) is 0.727. The Morgan fingerprint density at radius 2 is 2.07 bits per heavy atom. The van der Waals surface area contributed by atoms with Crippen LogP contribution in [0.2, 0.25) is 0 Å². The standard InChI is InChI=1S/C11H18O3/c1-2-10(4-3-8(12)7-10)11(5-6-11)9(13)14/h8,12H,2-7H2,1H3,(H,13,14)/t8-,10?/m1/s1. The number of rotatable bonds is 3. The van der Waals surface area contributed by atoms with Crippen LogP contribution in [0.1, 0.15) is 45.4 Å². The minimum Gasteiger partial charge on any atom is -0.481 e. The molecule has 80 valence electrons. The van der Waals surface area contributed by atoms with Crippen LogP contribution in [0.3, 0.4) is 0 Å². The first-order valence-electron chi connectivity index (χ1n) is 5.48. The molecule has 0 aromatic heterocycles. The molecule has 3 heteroatoms. The summed E-state index contributed by atoms with van der Waals surface area (Å²) >= 11 is 0. The number of hydrogen-bond donors (Lipinski definition) is 2. The molecule has 0 amide bonds. The zero-order valence-corrected chi connectivity index (χ0v) is 8.62. The smallest absolute Gasteiger partial charge is 0.310 e. The molecule has 1 unspecified atom stereocenters. The summed E-state index contributed by atoms with van der Waals surface area (Å²) in [5, 5.41) is 18.8. The van der Waals surface area contributed by atoms with Crippen LogP contribution in [-0.4, -0.2) is 22.3 Å². The Morgan fingerprint density at radius 1 is 1.43 bits per heavy atom. The molecule has 0 aromatic carbocycles. The topological polar surface area (TPSA) is 57.5 Å². The van der Waals surface area contributed by atoms with Gasteiger partial charge in [0.1, 0.15) is 0 Å². The predicted octanol–water partition coefficient (Wildman–Crippen LogP) is 1.79. The van der Waals surface area contributed by atoms with Crippen LogP contribution in [0.15, 0.2) is 0 Å². The minimum absolute atomic E-state index is 0.113. The Bertz CT molecular complexity index is 257. The highest BCUT2D eigenvalue weighted by molar-refractivity contribution is 5.79. The molecule has 2 atom stereocenters. The van der Waals surface area contributed by atoms with Gasteiger partial charge in [0.15, 0.2) is 0 Å². The third-order valence-corrected chi connectivity index (χ3v) is 4.43. The van der Waals surface area contributed by atoms with Crippen molar-refractivity contribution in [3.8, 4) is 0 Å². The van der Waals surface area contributed by atoms with E-state index in [4.69, 9.17) is 0 Å². The predicted molar refractivity (Wildman–Crippen MR) is 51.9 cm³/mol. The normalized spacial score (nSPS) is 39.7. The van der Waals surface area contributed by atoms with E-state index in [1.807, 2.05) is 0 Å². The fraction of sp³-hybridized carbons (Fsp3) is 0.909. The lowest BCUT2D eigenvalue weighted by molar-refractivity contribution is -0.149. The molecule has 0 aromatic rings. The van der Waals surface area contributed by atoms with Crippen LogP contribution >= 0.6 is 0 Å². The van der Waals surface area contributed by atoms with Crippen LogP contribution < -0.4 is 0 Å². The lowest BCUT2D eigenvalue weighted by atomic mass is 9.69. The van der Waals surface area contributed by atoms with Gasteiger partial charge in [0.2, 0.25) is 0 Å². The molecule has 14 heavy (non-hydrogen) atoms. The van der Waals surface area contributed by atoms with Gasteiger partial charge in [-0.1, -0.05) is 6.92 Å². The number of carboxylic acid groups (broad SMARTS) is 1. The molecule has 2 rings (SSSR count). The summed E-state index contributed by atoms with van der Waals surface area (Å²) in [5.41, 5.74) is -0.600. The van der Waals surface area contributed by atoms with Gasteiger partial charge >= 0.3 is 5.97 Å². The molecule has 0 spiro atoms. The SMILES string of the molecule is CCC1(C2(C(=O)O)CC2)CC[C@@H](O)C1. The van der Waals surface area contributed by atoms with Gasteiger partial charge < -0.3 is 10.2 Å². The summed E-state index contributed by atoms with van der Waals surface area (Å²) in [6.45, 7) is 2.06. The summed E-state index contributed by atoms with van der Waals surface area (Å²) in [4.78, 5) is 11.3. The third kappa shape index (κ3) is 1.11. The van der Waals surface area contributed by atoms with E-state index < -0.39 is 11.4 Å². The van der Waals surface area contributed by atoms with E-state index in [1.165, 1.54) is 0 Å². The van der Waals surface area contributed by atoms with Gasteiger partial charge in [0, 0.05) is 0 Å². The number of carboxylic acids is 1. The molecule has 2 N–H and O–H groups in total. The minimum atomic E-state index is -0.645. The maximum Gasteiger partial charge on any atom is 0.310 e. The number of aliphatic carboxylic acids is 1.